The first kappa shape index (κ1) is 4.73. The van der Waals surface area contributed by atoms with E-state index < -0.39 is 0 Å². The molecule has 0 spiro atoms. The lowest BCUT2D eigenvalue weighted by Gasteiger charge is -2.34. The van der Waals surface area contributed by atoms with Crippen LogP contribution in [0.15, 0.2) is 0 Å². The van der Waals surface area contributed by atoms with E-state index in [9.17, 15) is 0 Å². The maximum absolute atomic E-state index is 5.37. The van der Waals surface area contributed by atoms with Crippen LogP contribution in [0.25, 0.3) is 0 Å². The zero-order chi connectivity index (χ0) is 6.01. The van der Waals surface area contributed by atoms with Gasteiger partial charge in [0.2, 0.25) is 0 Å². The molecule has 3 rings (SSSR count). The average molecular weight is 124 g/mol. The van der Waals surface area contributed by atoms with E-state index in [2.05, 4.69) is 0 Å². The summed E-state index contributed by atoms with van der Waals surface area (Å²) in [4.78, 5) is 0. The highest BCUT2D eigenvalue weighted by atomic mass is 16.5. The molecule has 1 heteroatoms. The van der Waals surface area contributed by atoms with Gasteiger partial charge in [-0.15, -0.1) is 0 Å². The minimum atomic E-state index is 0.689. The van der Waals surface area contributed by atoms with E-state index >= 15 is 0 Å². The lowest BCUT2D eigenvalue weighted by atomic mass is 9.79. The molecule has 9 heavy (non-hydrogen) atoms. The molecule has 0 N–H and O–H groups in total. The van der Waals surface area contributed by atoms with Gasteiger partial charge in [0.25, 0.3) is 0 Å². The fourth-order valence-corrected chi connectivity index (χ4v) is 3.31. The highest BCUT2D eigenvalue weighted by Gasteiger charge is 2.72. The van der Waals surface area contributed by atoms with Gasteiger partial charge in [0.1, 0.15) is 0 Å². The van der Waals surface area contributed by atoms with E-state index in [1.54, 1.807) is 0 Å². The summed E-state index contributed by atoms with van der Waals surface area (Å²) >= 11 is 0. The van der Waals surface area contributed by atoms with Crippen molar-refractivity contribution in [1.82, 2.24) is 0 Å². The predicted octanol–water partition coefficient (Wildman–Crippen LogP) is 1.29. The normalized spacial score (nSPS) is 67.0. The number of ether oxygens (including phenoxy) is 1. The summed E-state index contributed by atoms with van der Waals surface area (Å²) in [5, 5.41) is 0. The smallest absolute Gasteiger partial charge is 0.0636 e. The zero-order valence-corrected chi connectivity index (χ0v) is 5.71. The minimum absolute atomic E-state index is 0.689. The molecule has 0 saturated heterocycles. The maximum atomic E-state index is 5.37. The Morgan fingerprint density at radius 3 is 2.22 bits per heavy atom. The molecule has 0 aromatic rings. The van der Waals surface area contributed by atoms with E-state index in [-0.39, 0.29) is 0 Å². The number of hydrogen-bond acceptors (Lipinski definition) is 1. The number of methoxy groups -OCH3 is 1. The van der Waals surface area contributed by atoms with Gasteiger partial charge in [-0.25, -0.2) is 0 Å². The van der Waals surface area contributed by atoms with Crippen molar-refractivity contribution >= 4 is 0 Å². The summed E-state index contributed by atoms with van der Waals surface area (Å²) in [5.74, 6) is 4.26. The van der Waals surface area contributed by atoms with E-state index in [4.69, 9.17) is 4.74 Å². The van der Waals surface area contributed by atoms with Crippen LogP contribution >= 0.6 is 0 Å². The molecular formula is C8H12O. The lowest BCUT2D eigenvalue weighted by molar-refractivity contribution is -0.0352. The standard InChI is InChI=1S/C8H12O/c1-9-8-5-3-2-4-6(5)7(4)8/h4-8H,2-3H2,1H3/t4-,5-,6-,7+,8-/m1/s1. The van der Waals surface area contributed by atoms with Crippen molar-refractivity contribution in [2.45, 2.75) is 18.9 Å². The van der Waals surface area contributed by atoms with Gasteiger partial charge in [0.05, 0.1) is 6.10 Å². The molecule has 3 saturated carbocycles. The summed E-state index contributed by atoms with van der Waals surface area (Å²) in [5.41, 5.74) is 0. The predicted molar refractivity (Wildman–Crippen MR) is 34.0 cm³/mol. The molecule has 0 amide bonds. The quantitative estimate of drug-likeness (QED) is 0.511. The number of fused-ring (bicyclic) bond motifs is 1. The summed E-state index contributed by atoms with van der Waals surface area (Å²) < 4.78 is 5.37. The molecule has 3 aliphatic carbocycles. The molecule has 50 valence electrons. The van der Waals surface area contributed by atoms with Crippen LogP contribution in [0.1, 0.15) is 12.8 Å². The van der Waals surface area contributed by atoms with Crippen molar-refractivity contribution in [3.63, 3.8) is 0 Å². The van der Waals surface area contributed by atoms with Crippen molar-refractivity contribution in [3.05, 3.63) is 0 Å². The highest BCUT2D eigenvalue weighted by molar-refractivity contribution is 5.20. The second-order valence-corrected chi connectivity index (χ2v) is 3.76. The average Bonchev–Trinajstić information content (AvgIpc) is 2.31. The molecule has 0 aromatic carbocycles. The molecule has 0 radical (unpaired) electrons. The molecule has 0 heterocycles. The van der Waals surface area contributed by atoms with Crippen molar-refractivity contribution in [2.75, 3.05) is 7.11 Å². The van der Waals surface area contributed by atoms with Gasteiger partial charge < -0.3 is 4.74 Å². The van der Waals surface area contributed by atoms with Crippen LogP contribution in [0.3, 0.4) is 0 Å². The first-order valence-corrected chi connectivity index (χ1v) is 3.96. The highest BCUT2D eigenvalue weighted by Crippen LogP contribution is 2.73. The zero-order valence-electron chi connectivity index (χ0n) is 5.71. The molecule has 3 aliphatic rings. The number of hydrogen-bond donors (Lipinski definition) is 0. The van der Waals surface area contributed by atoms with Gasteiger partial charge >= 0.3 is 0 Å². The van der Waals surface area contributed by atoms with Crippen LogP contribution in [-0.4, -0.2) is 13.2 Å². The third kappa shape index (κ3) is 0.337. The van der Waals surface area contributed by atoms with E-state index in [1.165, 1.54) is 12.8 Å². The monoisotopic (exact) mass is 124 g/mol. The first-order valence-electron chi connectivity index (χ1n) is 3.96. The van der Waals surface area contributed by atoms with E-state index in [0.717, 1.165) is 23.7 Å². The van der Waals surface area contributed by atoms with Crippen molar-refractivity contribution in [1.29, 1.82) is 0 Å². The van der Waals surface area contributed by atoms with Crippen LogP contribution in [-0.2, 0) is 4.74 Å². The minimum Gasteiger partial charge on any atom is -0.381 e. The van der Waals surface area contributed by atoms with Crippen molar-refractivity contribution < 1.29 is 4.74 Å². The summed E-state index contributed by atoms with van der Waals surface area (Å²) in [7, 11) is 1.87. The summed E-state index contributed by atoms with van der Waals surface area (Å²) in [6, 6.07) is 0. The maximum Gasteiger partial charge on any atom is 0.0636 e. The topological polar surface area (TPSA) is 9.23 Å². The Hall–Kier alpha value is -0.0400. The van der Waals surface area contributed by atoms with Gasteiger partial charge in [0.15, 0.2) is 0 Å². The molecular weight excluding hydrogens is 112 g/mol. The molecule has 0 unspecified atom stereocenters. The van der Waals surface area contributed by atoms with Crippen LogP contribution in [0.5, 0.6) is 0 Å². The Labute approximate surface area is 55.4 Å². The molecule has 5 atom stereocenters. The second-order valence-electron chi connectivity index (χ2n) is 3.76. The Kier molecular flexibility index (Phi) is 0.628. The molecule has 0 aromatic heterocycles. The number of rotatable bonds is 1. The third-order valence-electron chi connectivity index (χ3n) is 3.69. The van der Waals surface area contributed by atoms with Gasteiger partial charge in [-0.2, -0.15) is 0 Å². The Morgan fingerprint density at radius 2 is 1.89 bits per heavy atom. The van der Waals surface area contributed by atoms with Crippen LogP contribution in [0.4, 0.5) is 0 Å². The Bertz CT molecular complexity index is 151. The first-order chi connectivity index (χ1) is 4.43. The summed E-state index contributed by atoms with van der Waals surface area (Å²) in [6.45, 7) is 0. The SMILES string of the molecule is CO[C@@H]1[C@@H]2CC[C@@H]3[C@H]2[C@H]31. The Balaban J connectivity index is 1.86. The van der Waals surface area contributed by atoms with Gasteiger partial charge in [-0.05, 0) is 36.5 Å². The molecule has 0 bridgehead atoms. The summed E-state index contributed by atoms with van der Waals surface area (Å²) in [6.07, 6.45) is 3.67. The molecule has 1 nitrogen and oxygen atoms in total. The van der Waals surface area contributed by atoms with E-state index in [1.807, 2.05) is 7.11 Å². The Morgan fingerprint density at radius 1 is 1.11 bits per heavy atom. The van der Waals surface area contributed by atoms with Crippen LogP contribution in [0.2, 0.25) is 0 Å². The molecule has 3 fully saturated rings. The van der Waals surface area contributed by atoms with Crippen LogP contribution < -0.4 is 0 Å². The third-order valence-corrected chi connectivity index (χ3v) is 3.69. The lowest BCUT2D eigenvalue weighted by Crippen LogP contribution is -2.37. The fraction of sp³-hybridized carbons (Fsp3) is 1.00. The molecule has 0 aliphatic heterocycles. The van der Waals surface area contributed by atoms with Crippen molar-refractivity contribution in [3.8, 4) is 0 Å². The van der Waals surface area contributed by atoms with E-state index in [0.29, 0.717) is 6.10 Å². The largest absolute Gasteiger partial charge is 0.381 e. The van der Waals surface area contributed by atoms with Gasteiger partial charge in [0, 0.05) is 7.11 Å². The van der Waals surface area contributed by atoms with Gasteiger partial charge in [-0.3, -0.25) is 0 Å². The van der Waals surface area contributed by atoms with Crippen LogP contribution in [0, 0.1) is 23.7 Å². The van der Waals surface area contributed by atoms with Gasteiger partial charge in [-0.1, -0.05) is 0 Å². The second kappa shape index (κ2) is 1.20. The van der Waals surface area contributed by atoms with Crippen molar-refractivity contribution in [2.24, 2.45) is 23.7 Å². The fourth-order valence-electron chi connectivity index (χ4n) is 3.31.